The van der Waals surface area contributed by atoms with Crippen molar-refractivity contribution in [1.29, 1.82) is 0 Å². The van der Waals surface area contributed by atoms with Crippen LogP contribution >= 0.6 is 0 Å². The molecule has 2 atom stereocenters. The van der Waals surface area contributed by atoms with Gasteiger partial charge in [0.1, 0.15) is 0 Å². The third-order valence-electron chi connectivity index (χ3n) is 3.28. The van der Waals surface area contributed by atoms with Crippen LogP contribution in [0, 0.1) is 5.92 Å². The van der Waals surface area contributed by atoms with Gasteiger partial charge in [-0.3, -0.25) is 0 Å². The topological polar surface area (TPSA) is 3.24 Å². The lowest BCUT2D eigenvalue weighted by Crippen LogP contribution is -2.44. The predicted octanol–water partition coefficient (Wildman–Crippen LogP) is 2.52. The van der Waals surface area contributed by atoms with E-state index in [9.17, 15) is 0 Å². The van der Waals surface area contributed by atoms with Gasteiger partial charge in [0.25, 0.3) is 0 Å². The van der Waals surface area contributed by atoms with Crippen molar-refractivity contribution in [3.8, 4) is 0 Å². The summed E-state index contributed by atoms with van der Waals surface area (Å²) in [4.78, 5) is 2.39. The van der Waals surface area contributed by atoms with Crippen LogP contribution in [-0.4, -0.2) is 24.5 Å². The molecule has 1 rings (SSSR count). The minimum absolute atomic E-state index is 0.484. The van der Waals surface area contributed by atoms with E-state index in [1.165, 1.54) is 25.7 Å². The lowest BCUT2D eigenvalue weighted by Gasteiger charge is -2.42. The summed E-state index contributed by atoms with van der Waals surface area (Å²) in [7, 11) is 4.41. The van der Waals surface area contributed by atoms with Crippen LogP contribution < -0.4 is 0 Å². The molecule has 1 heteroatoms. The van der Waals surface area contributed by atoms with E-state index in [1.807, 2.05) is 0 Å². The first-order chi connectivity index (χ1) is 5.04. The van der Waals surface area contributed by atoms with E-state index < -0.39 is 0 Å². The van der Waals surface area contributed by atoms with Gasteiger partial charge in [0.05, 0.1) is 0 Å². The highest BCUT2D eigenvalue weighted by molar-refractivity contribution is 4.88. The molecule has 0 aromatic carbocycles. The van der Waals surface area contributed by atoms with Gasteiger partial charge < -0.3 is 4.90 Å². The maximum absolute atomic E-state index is 2.39. The summed E-state index contributed by atoms with van der Waals surface area (Å²) >= 11 is 0. The molecule has 2 unspecified atom stereocenters. The van der Waals surface area contributed by atoms with Crippen molar-refractivity contribution >= 4 is 0 Å². The van der Waals surface area contributed by atoms with Gasteiger partial charge in [0.2, 0.25) is 0 Å². The van der Waals surface area contributed by atoms with Crippen LogP contribution in [0.2, 0.25) is 0 Å². The predicted molar refractivity (Wildman–Crippen MR) is 49.7 cm³/mol. The van der Waals surface area contributed by atoms with Crippen molar-refractivity contribution in [1.82, 2.24) is 4.90 Å². The monoisotopic (exact) mass is 155 g/mol. The number of rotatable bonds is 1. The van der Waals surface area contributed by atoms with Crippen LogP contribution in [0.25, 0.3) is 0 Å². The summed E-state index contributed by atoms with van der Waals surface area (Å²) in [5.41, 5.74) is 0.484. The largest absolute Gasteiger partial charge is 0.304 e. The molecular formula is C10H21N. The van der Waals surface area contributed by atoms with Crippen molar-refractivity contribution in [3.05, 3.63) is 0 Å². The first-order valence-electron chi connectivity index (χ1n) is 4.72. The molecule has 1 fully saturated rings. The Bertz CT molecular complexity index is 131. The molecule has 0 aromatic heterocycles. The summed E-state index contributed by atoms with van der Waals surface area (Å²) in [6.45, 7) is 4.77. The van der Waals surface area contributed by atoms with Gasteiger partial charge in [0, 0.05) is 5.54 Å². The zero-order valence-electron chi connectivity index (χ0n) is 8.35. The lowest BCUT2D eigenvalue weighted by molar-refractivity contribution is 0.0944. The third-order valence-corrected chi connectivity index (χ3v) is 3.28. The van der Waals surface area contributed by atoms with Crippen LogP contribution in [0.15, 0.2) is 0 Å². The van der Waals surface area contributed by atoms with E-state index in [4.69, 9.17) is 0 Å². The number of hydrogen-bond acceptors (Lipinski definition) is 1. The molecule has 0 saturated heterocycles. The van der Waals surface area contributed by atoms with Crippen molar-refractivity contribution in [3.63, 3.8) is 0 Å². The van der Waals surface area contributed by atoms with E-state index in [0.29, 0.717) is 5.54 Å². The van der Waals surface area contributed by atoms with E-state index in [2.05, 4.69) is 32.8 Å². The fourth-order valence-corrected chi connectivity index (χ4v) is 2.19. The highest BCUT2D eigenvalue weighted by Crippen LogP contribution is 2.34. The molecule has 0 aliphatic heterocycles. The van der Waals surface area contributed by atoms with Gasteiger partial charge in [-0.25, -0.2) is 0 Å². The highest BCUT2D eigenvalue weighted by atomic mass is 15.1. The van der Waals surface area contributed by atoms with Gasteiger partial charge in [-0.05, 0) is 39.8 Å². The molecule has 0 bridgehead atoms. The zero-order chi connectivity index (χ0) is 8.48. The van der Waals surface area contributed by atoms with Crippen LogP contribution in [0.5, 0.6) is 0 Å². The molecule has 11 heavy (non-hydrogen) atoms. The Morgan fingerprint density at radius 2 is 2.00 bits per heavy atom. The maximum atomic E-state index is 2.39. The SMILES string of the molecule is CC1CCCC(C)(N(C)C)C1. The molecule has 1 nitrogen and oxygen atoms in total. The third kappa shape index (κ3) is 1.96. The summed E-state index contributed by atoms with van der Waals surface area (Å²) in [5, 5.41) is 0. The molecule has 0 aromatic rings. The Morgan fingerprint density at radius 3 is 2.36 bits per heavy atom. The quantitative estimate of drug-likeness (QED) is 0.562. The average Bonchev–Trinajstić information content (AvgIpc) is 1.86. The van der Waals surface area contributed by atoms with Crippen molar-refractivity contribution < 1.29 is 0 Å². The van der Waals surface area contributed by atoms with Crippen molar-refractivity contribution in [2.24, 2.45) is 5.92 Å². The highest BCUT2D eigenvalue weighted by Gasteiger charge is 2.31. The fourth-order valence-electron chi connectivity index (χ4n) is 2.19. The molecule has 1 saturated carbocycles. The van der Waals surface area contributed by atoms with Gasteiger partial charge in [-0.1, -0.05) is 19.8 Å². The second-order valence-electron chi connectivity index (χ2n) is 4.59. The molecular weight excluding hydrogens is 134 g/mol. The zero-order valence-corrected chi connectivity index (χ0v) is 8.35. The van der Waals surface area contributed by atoms with Crippen molar-refractivity contribution in [2.75, 3.05) is 14.1 Å². The summed E-state index contributed by atoms with van der Waals surface area (Å²) in [6.07, 6.45) is 5.60. The number of hydrogen-bond donors (Lipinski definition) is 0. The molecule has 0 heterocycles. The Kier molecular flexibility index (Phi) is 2.58. The molecule has 1 aliphatic carbocycles. The smallest absolute Gasteiger partial charge is 0.0177 e. The Morgan fingerprint density at radius 1 is 1.36 bits per heavy atom. The van der Waals surface area contributed by atoms with Crippen LogP contribution in [0.3, 0.4) is 0 Å². The first kappa shape index (κ1) is 9.05. The summed E-state index contributed by atoms with van der Waals surface area (Å²) in [6, 6.07) is 0. The standard InChI is InChI=1S/C10H21N/c1-9-6-5-7-10(2,8-9)11(3)4/h9H,5-8H2,1-4H3. The van der Waals surface area contributed by atoms with Gasteiger partial charge in [0.15, 0.2) is 0 Å². The molecule has 0 spiro atoms. The second kappa shape index (κ2) is 3.14. The Hall–Kier alpha value is -0.0400. The van der Waals surface area contributed by atoms with E-state index in [-0.39, 0.29) is 0 Å². The lowest BCUT2D eigenvalue weighted by atomic mass is 9.77. The molecule has 0 amide bonds. The molecule has 66 valence electrons. The maximum Gasteiger partial charge on any atom is 0.0177 e. The van der Waals surface area contributed by atoms with Crippen LogP contribution in [-0.2, 0) is 0 Å². The molecule has 0 radical (unpaired) electrons. The second-order valence-corrected chi connectivity index (χ2v) is 4.59. The van der Waals surface area contributed by atoms with Gasteiger partial charge in [-0.2, -0.15) is 0 Å². The van der Waals surface area contributed by atoms with Crippen molar-refractivity contribution in [2.45, 2.75) is 45.1 Å². The summed E-state index contributed by atoms with van der Waals surface area (Å²) in [5.74, 6) is 0.927. The van der Waals surface area contributed by atoms with E-state index in [1.54, 1.807) is 0 Å². The minimum Gasteiger partial charge on any atom is -0.304 e. The average molecular weight is 155 g/mol. The normalized spacial score (nSPS) is 39.5. The summed E-state index contributed by atoms with van der Waals surface area (Å²) < 4.78 is 0. The van der Waals surface area contributed by atoms with Crippen LogP contribution in [0.1, 0.15) is 39.5 Å². The van der Waals surface area contributed by atoms with E-state index >= 15 is 0 Å². The van der Waals surface area contributed by atoms with Gasteiger partial charge in [-0.15, -0.1) is 0 Å². The molecule has 0 N–H and O–H groups in total. The Labute approximate surface area is 70.8 Å². The molecule has 1 aliphatic rings. The van der Waals surface area contributed by atoms with Gasteiger partial charge >= 0.3 is 0 Å². The van der Waals surface area contributed by atoms with E-state index in [0.717, 1.165) is 5.92 Å². The minimum atomic E-state index is 0.484. The fraction of sp³-hybridized carbons (Fsp3) is 1.00. The van der Waals surface area contributed by atoms with Crippen LogP contribution in [0.4, 0.5) is 0 Å². The number of nitrogens with zero attached hydrogens (tertiary/aromatic N) is 1. The Balaban J connectivity index is 2.55. The first-order valence-corrected chi connectivity index (χ1v) is 4.72.